The molecule has 0 N–H and O–H groups in total. The van der Waals surface area contributed by atoms with Crippen molar-refractivity contribution in [2.75, 3.05) is 19.7 Å². The summed E-state index contributed by atoms with van der Waals surface area (Å²) in [4.78, 5) is 27.9. The molecule has 0 saturated heterocycles. The molecule has 0 atom stereocenters. The quantitative estimate of drug-likeness (QED) is 0.489. The van der Waals surface area contributed by atoms with E-state index in [1.54, 1.807) is 6.92 Å². The van der Waals surface area contributed by atoms with Gasteiger partial charge in [-0.1, -0.05) is 66.7 Å². The van der Waals surface area contributed by atoms with Crippen LogP contribution in [0.2, 0.25) is 0 Å². The van der Waals surface area contributed by atoms with Gasteiger partial charge >= 0.3 is 5.97 Å². The Balaban J connectivity index is 1.62. The Morgan fingerprint density at radius 2 is 1.58 bits per heavy atom. The van der Waals surface area contributed by atoms with E-state index < -0.39 is 0 Å². The van der Waals surface area contributed by atoms with Crippen LogP contribution in [-0.4, -0.2) is 41.0 Å². The van der Waals surface area contributed by atoms with Crippen LogP contribution >= 0.6 is 0 Å². The lowest BCUT2D eigenvalue weighted by atomic mass is 9.99. The van der Waals surface area contributed by atoms with Gasteiger partial charge in [-0.3, -0.25) is 4.79 Å². The van der Waals surface area contributed by atoms with Crippen molar-refractivity contribution in [3.63, 3.8) is 0 Å². The van der Waals surface area contributed by atoms with Crippen LogP contribution < -0.4 is 0 Å². The number of hydrogen-bond donors (Lipinski definition) is 0. The summed E-state index contributed by atoms with van der Waals surface area (Å²) in [7, 11) is 0. The molecule has 3 aromatic rings. The Labute approximate surface area is 195 Å². The van der Waals surface area contributed by atoms with Crippen LogP contribution in [0, 0.1) is 13.8 Å². The van der Waals surface area contributed by atoms with E-state index in [0.717, 1.165) is 28.9 Å². The zero-order valence-electron chi connectivity index (χ0n) is 19.5. The number of esters is 1. The number of hydrogen-bond acceptors (Lipinski definition) is 3. The molecule has 1 amide bonds. The van der Waals surface area contributed by atoms with Crippen LogP contribution in [0.15, 0.2) is 66.7 Å². The van der Waals surface area contributed by atoms with Gasteiger partial charge in [0.25, 0.3) is 0 Å². The summed E-state index contributed by atoms with van der Waals surface area (Å²) in [5, 5.41) is 0. The third kappa shape index (κ3) is 4.63. The SMILES string of the molecule is CCOC(=O)c1c(C)c(-c2ccccc2)n(CC(=O)N2CC=C(c3ccccc3)CC2)c1C. The van der Waals surface area contributed by atoms with Crippen molar-refractivity contribution < 1.29 is 14.3 Å². The van der Waals surface area contributed by atoms with Gasteiger partial charge < -0.3 is 14.2 Å². The van der Waals surface area contributed by atoms with E-state index in [0.29, 0.717) is 25.3 Å². The zero-order chi connectivity index (χ0) is 23.4. The van der Waals surface area contributed by atoms with E-state index in [1.165, 1.54) is 11.1 Å². The van der Waals surface area contributed by atoms with Crippen LogP contribution in [0.1, 0.15) is 40.5 Å². The lowest BCUT2D eigenvalue weighted by Crippen LogP contribution is -2.37. The number of benzene rings is 2. The van der Waals surface area contributed by atoms with Gasteiger partial charge in [0.15, 0.2) is 0 Å². The van der Waals surface area contributed by atoms with Crippen molar-refractivity contribution in [1.82, 2.24) is 9.47 Å². The Hall–Kier alpha value is -3.60. The first kappa shape index (κ1) is 22.6. The highest BCUT2D eigenvalue weighted by Gasteiger charge is 2.27. The fraction of sp³-hybridized carbons (Fsp3) is 0.286. The van der Waals surface area contributed by atoms with Crippen LogP contribution in [0.25, 0.3) is 16.8 Å². The Kier molecular flexibility index (Phi) is 6.78. The monoisotopic (exact) mass is 442 g/mol. The number of aromatic nitrogens is 1. The molecule has 5 heteroatoms. The maximum absolute atomic E-state index is 13.3. The molecule has 0 unspecified atom stereocenters. The molecule has 1 aliphatic rings. The van der Waals surface area contributed by atoms with Crippen molar-refractivity contribution in [2.45, 2.75) is 33.7 Å². The molecule has 0 fully saturated rings. The first-order valence-electron chi connectivity index (χ1n) is 11.5. The number of ether oxygens (including phenoxy) is 1. The molecular formula is C28H30N2O3. The molecule has 33 heavy (non-hydrogen) atoms. The average molecular weight is 443 g/mol. The molecular weight excluding hydrogens is 412 g/mol. The summed E-state index contributed by atoms with van der Waals surface area (Å²) < 4.78 is 7.28. The number of carbonyl (C=O) groups is 2. The molecule has 2 aromatic carbocycles. The second-order valence-corrected chi connectivity index (χ2v) is 8.29. The van der Waals surface area contributed by atoms with Gasteiger partial charge in [0.2, 0.25) is 5.91 Å². The van der Waals surface area contributed by atoms with Gasteiger partial charge in [0, 0.05) is 18.8 Å². The van der Waals surface area contributed by atoms with E-state index >= 15 is 0 Å². The second-order valence-electron chi connectivity index (χ2n) is 8.29. The van der Waals surface area contributed by atoms with E-state index in [4.69, 9.17) is 4.74 Å². The molecule has 2 heterocycles. The molecule has 5 nitrogen and oxygen atoms in total. The van der Waals surface area contributed by atoms with Crippen LogP contribution in [0.4, 0.5) is 0 Å². The molecule has 0 aliphatic carbocycles. The summed E-state index contributed by atoms with van der Waals surface area (Å²) in [5.41, 5.74) is 6.52. The maximum atomic E-state index is 13.3. The predicted molar refractivity (Wildman–Crippen MR) is 131 cm³/mol. The van der Waals surface area contributed by atoms with E-state index in [2.05, 4.69) is 18.2 Å². The molecule has 1 aliphatic heterocycles. The minimum absolute atomic E-state index is 0.0454. The number of amides is 1. The average Bonchev–Trinajstić information content (AvgIpc) is 3.09. The van der Waals surface area contributed by atoms with E-state index in [-0.39, 0.29) is 18.4 Å². The fourth-order valence-electron chi connectivity index (χ4n) is 4.61. The molecule has 4 rings (SSSR count). The smallest absolute Gasteiger partial charge is 0.340 e. The summed E-state index contributed by atoms with van der Waals surface area (Å²) in [6, 6.07) is 20.2. The maximum Gasteiger partial charge on any atom is 0.340 e. The first-order chi connectivity index (χ1) is 16.0. The van der Waals surface area contributed by atoms with Gasteiger partial charge in [-0.2, -0.15) is 0 Å². The molecule has 0 radical (unpaired) electrons. The van der Waals surface area contributed by atoms with Crippen molar-refractivity contribution in [2.24, 2.45) is 0 Å². The predicted octanol–water partition coefficient (Wildman–Crippen LogP) is 5.26. The lowest BCUT2D eigenvalue weighted by molar-refractivity contribution is -0.131. The Bertz CT molecular complexity index is 1180. The highest BCUT2D eigenvalue weighted by Crippen LogP contribution is 2.32. The third-order valence-corrected chi connectivity index (χ3v) is 6.29. The van der Waals surface area contributed by atoms with Crippen molar-refractivity contribution in [3.8, 4) is 11.3 Å². The van der Waals surface area contributed by atoms with Crippen LogP contribution in [-0.2, 0) is 16.1 Å². The number of rotatable bonds is 6. The normalized spacial score (nSPS) is 13.5. The molecule has 0 saturated carbocycles. The molecule has 0 bridgehead atoms. The minimum atomic E-state index is -0.343. The van der Waals surface area contributed by atoms with Gasteiger partial charge in [0.1, 0.15) is 6.54 Å². The molecule has 170 valence electrons. The van der Waals surface area contributed by atoms with Crippen molar-refractivity contribution in [1.29, 1.82) is 0 Å². The van der Waals surface area contributed by atoms with Gasteiger partial charge in [-0.15, -0.1) is 0 Å². The number of nitrogens with zero attached hydrogens (tertiary/aromatic N) is 2. The standard InChI is InChI=1S/C28H30N2O3/c1-4-33-28(32)26-20(2)27(24-13-9-6-10-14-24)30(21(26)3)19-25(31)29-17-15-23(16-18-29)22-11-7-5-8-12-22/h5-15H,4,16-19H2,1-3H3. The number of carbonyl (C=O) groups excluding carboxylic acids is 2. The lowest BCUT2D eigenvalue weighted by Gasteiger charge is -2.27. The summed E-state index contributed by atoms with van der Waals surface area (Å²) in [6.07, 6.45) is 2.98. The molecule has 1 aromatic heterocycles. The summed E-state index contributed by atoms with van der Waals surface area (Å²) in [6.45, 7) is 7.39. The topological polar surface area (TPSA) is 51.5 Å². The largest absolute Gasteiger partial charge is 0.462 e. The molecule has 0 spiro atoms. The van der Waals surface area contributed by atoms with E-state index in [9.17, 15) is 9.59 Å². The highest BCUT2D eigenvalue weighted by atomic mass is 16.5. The van der Waals surface area contributed by atoms with Gasteiger partial charge in [-0.25, -0.2) is 4.79 Å². The summed E-state index contributed by atoms with van der Waals surface area (Å²) >= 11 is 0. The van der Waals surface area contributed by atoms with Crippen LogP contribution in [0.3, 0.4) is 0 Å². The van der Waals surface area contributed by atoms with E-state index in [1.807, 2.05) is 71.8 Å². The van der Waals surface area contributed by atoms with Gasteiger partial charge in [0.05, 0.1) is 17.9 Å². The minimum Gasteiger partial charge on any atom is -0.462 e. The summed E-state index contributed by atoms with van der Waals surface area (Å²) in [5.74, 6) is -0.298. The van der Waals surface area contributed by atoms with Crippen molar-refractivity contribution in [3.05, 3.63) is 89.1 Å². The fourth-order valence-corrected chi connectivity index (χ4v) is 4.61. The Morgan fingerprint density at radius 3 is 2.15 bits per heavy atom. The zero-order valence-corrected chi connectivity index (χ0v) is 19.5. The van der Waals surface area contributed by atoms with Crippen LogP contribution in [0.5, 0.6) is 0 Å². The van der Waals surface area contributed by atoms with Gasteiger partial charge in [-0.05, 0) is 49.5 Å². The second kappa shape index (κ2) is 9.90. The third-order valence-electron chi connectivity index (χ3n) is 6.29. The Morgan fingerprint density at radius 1 is 0.939 bits per heavy atom. The van der Waals surface area contributed by atoms with Crippen molar-refractivity contribution >= 4 is 17.4 Å². The highest BCUT2D eigenvalue weighted by molar-refractivity contribution is 5.95. The first-order valence-corrected chi connectivity index (χ1v) is 11.5.